The van der Waals surface area contributed by atoms with Crippen molar-refractivity contribution >= 4 is 22.5 Å². The van der Waals surface area contributed by atoms with Crippen LogP contribution in [-0.4, -0.2) is 37.2 Å². The maximum atomic E-state index is 11.4. The number of nitrogens with one attached hydrogen (secondary N) is 2. The quantitative estimate of drug-likeness (QED) is 0.475. The number of benzene rings is 2. The SMILES string of the molecule is CC(=O)Nc1ccc(C[N+]2(C)C(n3cnnc3)CC[C@@H]2c2c[nH]c3ccccc23)cc1. The van der Waals surface area contributed by atoms with Crippen molar-refractivity contribution in [3.05, 3.63) is 78.5 Å². The second-order valence-electron chi connectivity index (χ2n) is 8.66. The van der Waals surface area contributed by atoms with Crippen LogP contribution >= 0.6 is 0 Å². The van der Waals surface area contributed by atoms with Gasteiger partial charge in [0.05, 0.1) is 7.05 Å². The van der Waals surface area contributed by atoms with Gasteiger partial charge in [-0.05, 0) is 18.2 Å². The summed E-state index contributed by atoms with van der Waals surface area (Å²) in [6.45, 7) is 2.40. The number of rotatable bonds is 5. The number of quaternary nitrogens is 1. The Morgan fingerprint density at radius 3 is 2.61 bits per heavy atom. The molecule has 1 saturated heterocycles. The maximum Gasteiger partial charge on any atom is 0.221 e. The van der Waals surface area contributed by atoms with E-state index < -0.39 is 0 Å². The molecule has 1 aliphatic rings. The van der Waals surface area contributed by atoms with Gasteiger partial charge in [0.15, 0.2) is 6.17 Å². The highest BCUT2D eigenvalue weighted by atomic mass is 16.1. The van der Waals surface area contributed by atoms with E-state index in [9.17, 15) is 4.79 Å². The lowest BCUT2D eigenvalue weighted by Gasteiger charge is -2.41. The molecule has 158 valence electrons. The topological polar surface area (TPSA) is 75.6 Å². The summed E-state index contributed by atoms with van der Waals surface area (Å²) in [4.78, 5) is 14.8. The molecule has 0 aliphatic carbocycles. The van der Waals surface area contributed by atoms with E-state index in [-0.39, 0.29) is 12.1 Å². The van der Waals surface area contributed by atoms with Crippen molar-refractivity contribution in [3.63, 3.8) is 0 Å². The van der Waals surface area contributed by atoms with Crippen LogP contribution in [0, 0.1) is 0 Å². The van der Waals surface area contributed by atoms with Gasteiger partial charge in [0.2, 0.25) is 5.91 Å². The lowest BCUT2D eigenvalue weighted by Crippen LogP contribution is -2.46. The van der Waals surface area contributed by atoms with Gasteiger partial charge < -0.3 is 10.3 Å². The summed E-state index contributed by atoms with van der Waals surface area (Å²) in [6.07, 6.45) is 8.24. The van der Waals surface area contributed by atoms with Crippen molar-refractivity contribution in [2.24, 2.45) is 0 Å². The van der Waals surface area contributed by atoms with Crippen LogP contribution in [0.5, 0.6) is 0 Å². The molecule has 5 rings (SSSR count). The van der Waals surface area contributed by atoms with E-state index >= 15 is 0 Å². The summed E-state index contributed by atoms with van der Waals surface area (Å²) in [6, 6.07) is 17.1. The van der Waals surface area contributed by atoms with Crippen LogP contribution in [0.15, 0.2) is 67.4 Å². The van der Waals surface area contributed by atoms with E-state index in [0.29, 0.717) is 6.04 Å². The molecular weight excluding hydrogens is 388 g/mol. The molecular formula is C24H27N6O+. The third-order valence-corrected chi connectivity index (χ3v) is 6.65. The van der Waals surface area contributed by atoms with Gasteiger partial charge in [0, 0.05) is 53.7 Å². The Kier molecular flexibility index (Phi) is 4.82. The van der Waals surface area contributed by atoms with Crippen molar-refractivity contribution in [3.8, 4) is 0 Å². The standard InChI is InChI=1S/C24H26N6O/c1-17(31)28-19-9-7-18(8-10-19)14-30(2)23(11-12-24(30)29-15-26-27-16-29)21-13-25-22-6-4-3-5-20(21)22/h3-10,13,15-16,23-25H,11-12,14H2,1-2H3/p+1/t23-,24?,30?/m1/s1. The summed E-state index contributed by atoms with van der Waals surface area (Å²) in [5.74, 6) is -0.0571. The zero-order valence-electron chi connectivity index (χ0n) is 17.8. The molecule has 2 unspecified atom stereocenters. The number of hydrogen-bond donors (Lipinski definition) is 2. The molecule has 0 bridgehead atoms. The largest absolute Gasteiger partial charge is 0.361 e. The van der Waals surface area contributed by atoms with Crippen LogP contribution in [0.1, 0.15) is 43.1 Å². The van der Waals surface area contributed by atoms with Gasteiger partial charge >= 0.3 is 0 Å². The van der Waals surface area contributed by atoms with Crippen molar-refractivity contribution in [2.75, 3.05) is 12.4 Å². The predicted octanol–water partition coefficient (Wildman–Crippen LogP) is 4.40. The first kappa shape index (κ1) is 19.5. The number of nitrogens with zero attached hydrogens (tertiary/aromatic N) is 4. The van der Waals surface area contributed by atoms with Gasteiger partial charge in [-0.3, -0.25) is 13.8 Å². The molecule has 3 heterocycles. The first-order valence-corrected chi connectivity index (χ1v) is 10.7. The average Bonchev–Trinajstić information content (AvgIpc) is 3.48. The normalized spacial score (nSPS) is 23.3. The van der Waals surface area contributed by atoms with E-state index in [1.807, 2.05) is 24.8 Å². The Morgan fingerprint density at radius 1 is 1.13 bits per heavy atom. The van der Waals surface area contributed by atoms with Crippen molar-refractivity contribution < 1.29 is 9.28 Å². The number of anilines is 1. The Labute approximate surface area is 181 Å². The van der Waals surface area contributed by atoms with Crippen LogP contribution < -0.4 is 5.32 Å². The predicted molar refractivity (Wildman–Crippen MR) is 120 cm³/mol. The highest BCUT2D eigenvalue weighted by Crippen LogP contribution is 2.49. The smallest absolute Gasteiger partial charge is 0.221 e. The Morgan fingerprint density at radius 2 is 1.87 bits per heavy atom. The van der Waals surface area contributed by atoms with Crippen LogP contribution in [0.3, 0.4) is 0 Å². The van der Waals surface area contributed by atoms with E-state index in [1.165, 1.54) is 29.0 Å². The number of likely N-dealkylation sites (tertiary alicyclic amines) is 1. The molecule has 2 aromatic carbocycles. The molecule has 4 aromatic rings. The summed E-state index contributed by atoms with van der Waals surface area (Å²) < 4.78 is 2.99. The molecule has 2 N–H and O–H groups in total. The van der Waals surface area contributed by atoms with Gasteiger partial charge in [-0.1, -0.05) is 30.3 Å². The molecule has 0 radical (unpaired) electrons. The number of amides is 1. The molecule has 0 spiro atoms. The highest BCUT2D eigenvalue weighted by molar-refractivity contribution is 5.88. The Hall–Kier alpha value is -3.45. The monoisotopic (exact) mass is 415 g/mol. The Bertz CT molecular complexity index is 1200. The third kappa shape index (κ3) is 3.51. The second kappa shape index (κ2) is 7.67. The molecule has 0 saturated carbocycles. The minimum absolute atomic E-state index is 0.0571. The van der Waals surface area contributed by atoms with Crippen LogP contribution in [-0.2, 0) is 11.3 Å². The summed E-state index contributed by atoms with van der Waals surface area (Å²) >= 11 is 0. The van der Waals surface area contributed by atoms with Crippen LogP contribution in [0.4, 0.5) is 5.69 Å². The van der Waals surface area contributed by atoms with Crippen molar-refractivity contribution in [2.45, 2.75) is 38.5 Å². The summed E-state index contributed by atoms with van der Waals surface area (Å²) in [5, 5.41) is 12.3. The van der Waals surface area contributed by atoms with Gasteiger partial charge in [-0.25, -0.2) is 0 Å². The molecule has 7 nitrogen and oxygen atoms in total. The number of hydrogen-bond acceptors (Lipinski definition) is 3. The molecule has 1 amide bonds. The fourth-order valence-electron chi connectivity index (χ4n) is 5.27. The summed E-state index contributed by atoms with van der Waals surface area (Å²) in [7, 11) is 2.34. The average molecular weight is 416 g/mol. The number of H-pyrrole nitrogens is 1. The first-order chi connectivity index (χ1) is 15.0. The number of fused-ring (bicyclic) bond motifs is 1. The molecule has 31 heavy (non-hydrogen) atoms. The summed E-state index contributed by atoms with van der Waals surface area (Å²) in [5.41, 5.74) is 4.60. The fourth-order valence-corrected chi connectivity index (χ4v) is 5.27. The number of aromatic nitrogens is 4. The zero-order chi connectivity index (χ0) is 21.4. The zero-order valence-corrected chi connectivity index (χ0v) is 17.8. The number of aromatic amines is 1. The highest BCUT2D eigenvalue weighted by Gasteiger charge is 2.48. The number of para-hydroxylation sites is 1. The lowest BCUT2D eigenvalue weighted by molar-refractivity contribution is -0.975. The lowest BCUT2D eigenvalue weighted by atomic mass is 10.0. The Balaban J connectivity index is 1.53. The van der Waals surface area contributed by atoms with Crippen LogP contribution in [0.2, 0.25) is 0 Å². The van der Waals surface area contributed by atoms with Gasteiger partial charge in [0.1, 0.15) is 25.2 Å². The number of carbonyl (C=O) groups excluding carboxylic acids is 1. The maximum absolute atomic E-state index is 11.4. The molecule has 1 aliphatic heterocycles. The van der Waals surface area contributed by atoms with Gasteiger partial charge in [-0.15, -0.1) is 10.2 Å². The number of carbonyl (C=O) groups is 1. The first-order valence-electron chi connectivity index (χ1n) is 10.7. The molecule has 2 aromatic heterocycles. The third-order valence-electron chi connectivity index (χ3n) is 6.65. The van der Waals surface area contributed by atoms with Crippen molar-refractivity contribution in [1.29, 1.82) is 0 Å². The van der Waals surface area contributed by atoms with E-state index in [0.717, 1.165) is 29.6 Å². The van der Waals surface area contributed by atoms with E-state index in [2.05, 4.69) is 74.7 Å². The second-order valence-corrected chi connectivity index (χ2v) is 8.66. The molecule has 3 atom stereocenters. The molecule has 7 heteroatoms. The van der Waals surface area contributed by atoms with Crippen LogP contribution in [0.25, 0.3) is 10.9 Å². The van der Waals surface area contributed by atoms with E-state index in [1.54, 1.807) is 0 Å². The minimum atomic E-state index is -0.0571. The van der Waals surface area contributed by atoms with Crippen molar-refractivity contribution in [1.82, 2.24) is 19.7 Å². The minimum Gasteiger partial charge on any atom is -0.361 e. The van der Waals surface area contributed by atoms with Gasteiger partial charge in [-0.2, -0.15) is 0 Å². The van der Waals surface area contributed by atoms with E-state index in [4.69, 9.17) is 0 Å². The molecule has 1 fully saturated rings. The van der Waals surface area contributed by atoms with Gasteiger partial charge in [0.25, 0.3) is 0 Å². The fraction of sp³-hybridized carbons (Fsp3) is 0.292.